The molecule has 0 fully saturated rings. The van der Waals surface area contributed by atoms with Gasteiger partial charge in [-0.3, -0.25) is 0 Å². The van der Waals surface area contributed by atoms with Crippen LogP contribution in [-0.4, -0.2) is 0 Å². The maximum absolute atomic E-state index is 6.61. The lowest BCUT2D eigenvalue weighted by atomic mass is 9.91. The minimum absolute atomic E-state index is 0.909. The predicted octanol–water partition coefficient (Wildman–Crippen LogP) is 13.2. The molecule has 9 aromatic carbocycles. The van der Waals surface area contributed by atoms with Crippen molar-refractivity contribution in [3.8, 4) is 44.5 Å². The van der Waals surface area contributed by atoms with Gasteiger partial charge in [-0.25, -0.2) is 0 Å². The van der Waals surface area contributed by atoms with Gasteiger partial charge in [0.25, 0.3) is 0 Å². The predicted molar refractivity (Wildman–Crippen MR) is 199 cm³/mol. The molecule has 1 heteroatoms. The number of benzene rings is 9. The zero-order valence-corrected chi connectivity index (χ0v) is 25.4. The van der Waals surface area contributed by atoms with Gasteiger partial charge in [-0.05, 0) is 112 Å². The largest absolute Gasteiger partial charge is 0.456 e. The van der Waals surface area contributed by atoms with Crippen molar-refractivity contribution in [3.05, 3.63) is 158 Å². The molecule has 0 N–H and O–H groups in total. The van der Waals surface area contributed by atoms with E-state index in [9.17, 15) is 0 Å². The zero-order valence-electron chi connectivity index (χ0n) is 25.4. The topological polar surface area (TPSA) is 13.1 Å². The first-order valence-corrected chi connectivity index (χ1v) is 16.3. The van der Waals surface area contributed by atoms with Crippen LogP contribution in [0.15, 0.2) is 162 Å². The quantitative estimate of drug-likeness (QED) is 0.182. The highest BCUT2D eigenvalue weighted by molar-refractivity contribution is 6.26. The lowest BCUT2D eigenvalue weighted by Crippen LogP contribution is -1.85. The SMILES string of the molecule is c1ccc2c(c1)-c1cccc3c(-c4cccc5oc6cc(-c7ccc8c9ccccc9c9ccccc9c8c7)ccc6c45)ccc-2c13. The smallest absolute Gasteiger partial charge is 0.136 e. The molecule has 0 radical (unpaired) electrons. The van der Waals surface area contributed by atoms with Gasteiger partial charge in [0.1, 0.15) is 11.2 Å². The molecule has 10 aromatic rings. The van der Waals surface area contributed by atoms with Crippen LogP contribution in [0.5, 0.6) is 0 Å². The fourth-order valence-electron chi connectivity index (χ4n) is 8.36. The van der Waals surface area contributed by atoms with Gasteiger partial charge in [-0.2, -0.15) is 0 Å². The third-order valence-electron chi connectivity index (χ3n) is 10.4. The van der Waals surface area contributed by atoms with Crippen LogP contribution >= 0.6 is 0 Å². The molecule has 216 valence electrons. The lowest BCUT2D eigenvalue weighted by Gasteiger charge is -2.12. The van der Waals surface area contributed by atoms with Crippen molar-refractivity contribution >= 4 is 65.0 Å². The Kier molecular flexibility index (Phi) is 4.90. The van der Waals surface area contributed by atoms with E-state index in [1.807, 2.05) is 0 Å². The molecular weight excluding hydrogens is 569 g/mol. The number of fused-ring (bicyclic) bond motifs is 12. The van der Waals surface area contributed by atoms with Gasteiger partial charge in [0.2, 0.25) is 0 Å². The second-order valence-electron chi connectivity index (χ2n) is 12.8. The standard InChI is InChI=1S/C46H26O/c1-2-11-31-29(9-1)30-10-3-6-14-34(30)42-25-27(19-21-35(31)42)28-20-22-41-44(26-28)47-43-18-8-17-39(46(41)43)36-23-24-40-33-13-5-4-12-32(33)37-15-7-16-38(36)45(37)40/h1-26H. The normalized spacial score (nSPS) is 12.3. The summed E-state index contributed by atoms with van der Waals surface area (Å²) in [6, 6.07) is 57.7. The monoisotopic (exact) mass is 594 g/mol. The fraction of sp³-hybridized carbons (Fsp3) is 0. The summed E-state index contributed by atoms with van der Waals surface area (Å²) in [6.45, 7) is 0. The van der Waals surface area contributed by atoms with E-state index < -0.39 is 0 Å². The molecule has 0 unspecified atom stereocenters. The van der Waals surface area contributed by atoms with Crippen LogP contribution in [0.1, 0.15) is 0 Å². The van der Waals surface area contributed by atoms with Gasteiger partial charge < -0.3 is 4.42 Å². The van der Waals surface area contributed by atoms with Crippen molar-refractivity contribution in [2.24, 2.45) is 0 Å². The van der Waals surface area contributed by atoms with Crippen molar-refractivity contribution in [3.63, 3.8) is 0 Å². The van der Waals surface area contributed by atoms with Crippen LogP contribution in [0, 0.1) is 0 Å². The molecule has 1 aliphatic rings. The van der Waals surface area contributed by atoms with Gasteiger partial charge in [-0.1, -0.05) is 133 Å². The summed E-state index contributed by atoms with van der Waals surface area (Å²) >= 11 is 0. The maximum atomic E-state index is 6.61. The van der Waals surface area contributed by atoms with Crippen molar-refractivity contribution in [2.75, 3.05) is 0 Å². The third kappa shape index (κ3) is 3.38. The van der Waals surface area contributed by atoms with E-state index >= 15 is 0 Å². The van der Waals surface area contributed by atoms with Crippen LogP contribution in [0.3, 0.4) is 0 Å². The fourth-order valence-corrected chi connectivity index (χ4v) is 8.36. The second kappa shape index (κ2) is 9.19. The van der Waals surface area contributed by atoms with E-state index in [2.05, 4.69) is 158 Å². The Balaban J connectivity index is 1.10. The summed E-state index contributed by atoms with van der Waals surface area (Å²) in [6.07, 6.45) is 0. The Bertz CT molecular complexity index is 2890. The van der Waals surface area contributed by atoms with E-state index in [1.54, 1.807) is 0 Å². The Morgan fingerprint density at radius 2 is 0.745 bits per heavy atom. The first-order chi connectivity index (χ1) is 23.3. The second-order valence-corrected chi connectivity index (χ2v) is 12.8. The summed E-state index contributed by atoms with van der Waals surface area (Å²) in [4.78, 5) is 0. The Labute approximate surface area is 270 Å². The highest BCUT2D eigenvalue weighted by Crippen LogP contribution is 2.50. The third-order valence-corrected chi connectivity index (χ3v) is 10.4. The highest BCUT2D eigenvalue weighted by Gasteiger charge is 2.23. The van der Waals surface area contributed by atoms with E-state index in [0.29, 0.717) is 0 Å². The summed E-state index contributed by atoms with van der Waals surface area (Å²) in [5.74, 6) is 0. The average Bonchev–Trinajstić information content (AvgIpc) is 3.68. The first kappa shape index (κ1) is 25.1. The molecule has 0 amide bonds. The van der Waals surface area contributed by atoms with Crippen LogP contribution in [0.2, 0.25) is 0 Å². The molecule has 0 saturated carbocycles. The summed E-state index contributed by atoms with van der Waals surface area (Å²) in [5, 5.41) is 12.7. The average molecular weight is 595 g/mol. The first-order valence-electron chi connectivity index (χ1n) is 16.3. The number of hydrogen-bond acceptors (Lipinski definition) is 1. The molecule has 0 bridgehead atoms. The molecule has 0 spiro atoms. The number of hydrogen-bond donors (Lipinski definition) is 0. The molecule has 0 aliphatic heterocycles. The molecule has 1 aromatic heterocycles. The van der Waals surface area contributed by atoms with Crippen LogP contribution in [0.25, 0.3) is 110 Å². The zero-order chi connectivity index (χ0) is 30.6. The lowest BCUT2D eigenvalue weighted by molar-refractivity contribution is 0.669. The molecule has 0 saturated heterocycles. The highest BCUT2D eigenvalue weighted by atomic mass is 16.3. The van der Waals surface area contributed by atoms with Crippen molar-refractivity contribution < 1.29 is 4.42 Å². The Hall–Kier alpha value is -6.18. The molecule has 1 aliphatic carbocycles. The Morgan fingerprint density at radius 1 is 0.255 bits per heavy atom. The van der Waals surface area contributed by atoms with Crippen molar-refractivity contribution in [1.82, 2.24) is 0 Å². The summed E-state index contributed by atoms with van der Waals surface area (Å²) < 4.78 is 6.61. The number of rotatable bonds is 2. The van der Waals surface area contributed by atoms with Crippen LogP contribution < -0.4 is 0 Å². The van der Waals surface area contributed by atoms with Gasteiger partial charge in [0, 0.05) is 10.8 Å². The molecular formula is C46H26O. The van der Waals surface area contributed by atoms with Crippen LogP contribution in [-0.2, 0) is 0 Å². The minimum atomic E-state index is 0.909. The summed E-state index contributed by atoms with van der Waals surface area (Å²) in [7, 11) is 0. The van der Waals surface area contributed by atoms with Crippen molar-refractivity contribution in [1.29, 1.82) is 0 Å². The van der Waals surface area contributed by atoms with E-state index in [0.717, 1.165) is 22.1 Å². The number of furan rings is 1. The van der Waals surface area contributed by atoms with Gasteiger partial charge >= 0.3 is 0 Å². The minimum Gasteiger partial charge on any atom is -0.456 e. The van der Waals surface area contributed by atoms with Gasteiger partial charge in [-0.15, -0.1) is 0 Å². The van der Waals surface area contributed by atoms with Gasteiger partial charge in [0.15, 0.2) is 0 Å². The molecule has 1 heterocycles. The summed E-state index contributed by atoms with van der Waals surface area (Å²) in [5.41, 5.74) is 11.9. The van der Waals surface area contributed by atoms with E-state index in [4.69, 9.17) is 4.42 Å². The Morgan fingerprint density at radius 3 is 1.47 bits per heavy atom. The van der Waals surface area contributed by atoms with E-state index in [1.165, 1.54) is 87.4 Å². The van der Waals surface area contributed by atoms with E-state index in [-0.39, 0.29) is 0 Å². The molecule has 47 heavy (non-hydrogen) atoms. The van der Waals surface area contributed by atoms with Gasteiger partial charge in [0.05, 0.1) is 0 Å². The molecule has 11 rings (SSSR count). The molecule has 0 atom stereocenters. The van der Waals surface area contributed by atoms with Crippen molar-refractivity contribution in [2.45, 2.75) is 0 Å². The maximum Gasteiger partial charge on any atom is 0.136 e. The molecule has 1 nitrogen and oxygen atoms in total. The van der Waals surface area contributed by atoms with Crippen LogP contribution in [0.4, 0.5) is 0 Å².